The highest BCUT2D eigenvalue weighted by molar-refractivity contribution is 7.09. The van der Waals surface area contributed by atoms with Gasteiger partial charge in [0.25, 0.3) is 5.56 Å². The topological polar surface area (TPSA) is 119 Å². The summed E-state index contributed by atoms with van der Waals surface area (Å²) in [6.07, 6.45) is 1.30. The van der Waals surface area contributed by atoms with Crippen molar-refractivity contribution in [3.8, 4) is 11.5 Å². The number of hydrogen-bond acceptors (Lipinski definition) is 6. The van der Waals surface area contributed by atoms with Crippen molar-refractivity contribution in [3.63, 3.8) is 0 Å². The van der Waals surface area contributed by atoms with E-state index >= 15 is 0 Å². The van der Waals surface area contributed by atoms with Crippen molar-refractivity contribution in [2.75, 3.05) is 12.1 Å². The predicted octanol–water partition coefficient (Wildman–Crippen LogP) is 3.02. The standard InChI is InChI=1S/C21H19N3O6S/c25-19(26)10-16(13-5-6-17-18(9-13)30-12-29-17)23-21(28)22-15-4-1-7-24(20(15)27)11-14-3-2-8-31-14/h1-9,16H,10-12H2,(H,25,26)(H2,22,23,28)/t16-/m0/s1. The number of carboxylic acids is 1. The Kier molecular flexibility index (Phi) is 5.89. The molecule has 0 unspecified atom stereocenters. The van der Waals surface area contributed by atoms with Crippen LogP contribution in [-0.4, -0.2) is 28.5 Å². The van der Waals surface area contributed by atoms with Gasteiger partial charge in [-0.3, -0.25) is 9.59 Å². The van der Waals surface area contributed by atoms with Gasteiger partial charge < -0.3 is 29.8 Å². The molecule has 3 heterocycles. The second kappa shape index (κ2) is 8.92. The lowest BCUT2D eigenvalue weighted by Crippen LogP contribution is -2.36. The summed E-state index contributed by atoms with van der Waals surface area (Å²) >= 11 is 1.53. The average Bonchev–Trinajstić information content (AvgIpc) is 3.41. The first-order valence-electron chi connectivity index (χ1n) is 9.40. The van der Waals surface area contributed by atoms with Crippen molar-refractivity contribution in [1.29, 1.82) is 0 Å². The molecule has 0 fully saturated rings. The quantitative estimate of drug-likeness (QED) is 0.519. The van der Waals surface area contributed by atoms with E-state index in [1.54, 1.807) is 30.5 Å². The first-order chi connectivity index (χ1) is 15.0. The number of carboxylic acid groups (broad SMARTS) is 1. The lowest BCUT2D eigenvalue weighted by atomic mass is 10.0. The predicted molar refractivity (Wildman–Crippen MR) is 114 cm³/mol. The molecule has 0 bridgehead atoms. The van der Waals surface area contributed by atoms with Crippen LogP contribution in [0.25, 0.3) is 0 Å². The maximum atomic E-state index is 12.7. The van der Waals surface area contributed by atoms with E-state index in [1.807, 2.05) is 17.5 Å². The second-order valence-corrected chi connectivity index (χ2v) is 7.83. The molecule has 0 aliphatic carbocycles. The lowest BCUT2D eigenvalue weighted by molar-refractivity contribution is -0.137. The van der Waals surface area contributed by atoms with Crippen molar-refractivity contribution in [1.82, 2.24) is 9.88 Å². The highest BCUT2D eigenvalue weighted by atomic mass is 32.1. The molecule has 0 radical (unpaired) electrons. The van der Waals surface area contributed by atoms with E-state index in [4.69, 9.17) is 9.47 Å². The van der Waals surface area contributed by atoms with Crippen LogP contribution in [0.1, 0.15) is 22.9 Å². The van der Waals surface area contributed by atoms with Gasteiger partial charge in [-0.2, -0.15) is 0 Å². The van der Waals surface area contributed by atoms with Crippen LogP contribution in [0.5, 0.6) is 11.5 Å². The lowest BCUT2D eigenvalue weighted by Gasteiger charge is -2.18. The fourth-order valence-corrected chi connectivity index (χ4v) is 3.90. The molecule has 160 valence electrons. The molecular formula is C21H19N3O6S. The van der Waals surface area contributed by atoms with E-state index < -0.39 is 18.0 Å². The molecule has 1 aliphatic heterocycles. The van der Waals surface area contributed by atoms with Crippen LogP contribution >= 0.6 is 11.3 Å². The van der Waals surface area contributed by atoms with E-state index in [0.717, 1.165) is 4.88 Å². The number of ether oxygens (including phenoxy) is 2. The van der Waals surface area contributed by atoms with Crippen molar-refractivity contribution in [2.24, 2.45) is 0 Å². The Labute approximate surface area is 180 Å². The fourth-order valence-electron chi connectivity index (χ4n) is 3.20. The first kappa shape index (κ1) is 20.5. The third-order valence-corrected chi connectivity index (χ3v) is 5.52. The van der Waals surface area contributed by atoms with Gasteiger partial charge >= 0.3 is 12.0 Å². The molecule has 1 aromatic carbocycles. The van der Waals surface area contributed by atoms with E-state index in [9.17, 15) is 19.5 Å². The summed E-state index contributed by atoms with van der Waals surface area (Å²) in [6, 6.07) is 10.4. The summed E-state index contributed by atoms with van der Waals surface area (Å²) in [4.78, 5) is 37.6. The largest absolute Gasteiger partial charge is 0.481 e. The number of carbonyl (C=O) groups is 2. The van der Waals surface area contributed by atoms with Gasteiger partial charge in [0, 0.05) is 11.1 Å². The molecule has 0 saturated carbocycles. The number of anilines is 1. The molecule has 0 spiro atoms. The fraction of sp³-hybridized carbons (Fsp3) is 0.190. The number of carbonyl (C=O) groups excluding carboxylic acids is 1. The summed E-state index contributed by atoms with van der Waals surface area (Å²) in [5.41, 5.74) is 0.283. The molecular weight excluding hydrogens is 422 g/mol. The van der Waals surface area contributed by atoms with Crippen LogP contribution < -0.4 is 25.7 Å². The summed E-state index contributed by atoms with van der Waals surface area (Å²) < 4.78 is 12.1. The highest BCUT2D eigenvalue weighted by Crippen LogP contribution is 2.34. The molecule has 4 rings (SSSR count). The van der Waals surface area contributed by atoms with E-state index in [2.05, 4.69) is 10.6 Å². The van der Waals surface area contributed by atoms with Gasteiger partial charge in [-0.15, -0.1) is 11.3 Å². The summed E-state index contributed by atoms with van der Waals surface area (Å²) in [5.74, 6) is -0.0477. The van der Waals surface area contributed by atoms with E-state index in [0.29, 0.717) is 23.6 Å². The molecule has 1 aliphatic rings. The van der Waals surface area contributed by atoms with Crippen molar-refractivity contribution in [3.05, 3.63) is 74.8 Å². The number of thiophene rings is 1. The molecule has 3 N–H and O–H groups in total. The van der Waals surface area contributed by atoms with Gasteiger partial charge in [-0.1, -0.05) is 12.1 Å². The van der Waals surface area contributed by atoms with Gasteiger partial charge in [0.2, 0.25) is 6.79 Å². The van der Waals surface area contributed by atoms with E-state index in [-0.39, 0.29) is 24.5 Å². The van der Waals surface area contributed by atoms with Crippen molar-refractivity contribution < 1.29 is 24.2 Å². The molecule has 1 atom stereocenters. The number of amides is 2. The van der Waals surface area contributed by atoms with Crippen LogP contribution in [0.15, 0.2) is 58.8 Å². The number of aliphatic carboxylic acids is 1. The number of urea groups is 1. The number of hydrogen-bond donors (Lipinski definition) is 3. The molecule has 3 aromatic rings. The highest BCUT2D eigenvalue weighted by Gasteiger charge is 2.22. The van der Waals surface area contributed by atoms with Crippen LogP contribution in [0.3, 0.4) is 0 Å². The maximum absolute atomic E-state index is 12.7. The minimum Gasteiger partial charge on any atom is -0.481 e. The van der Waals surface area contributed by atoms with Gasteiger partial charge in [0.1, 0.15) is 5.69 Å². The number of rotatable bonds is 7. The minimum absolute atomic E-state index is 0.0854. The van der Waals surface area contributed by atoms with Crippen LogP contribution in [-0.2, 0) is 11.3 Å². The van der Waals surface area contributed by atoms with Crippen molar-refractivity contribution in [2.45, 2.75) is 19.0 Å². The van der Waals surface area contributed by atoms with Gasteiger partial charge in [0.15, 0.2) is 11.5 Å². The molecule has 10 heteroatoms. The Morgan fingerprint density at radius 1 is 1.16 bits per heavy atom. The number of nitrogens with zero attached hydrogens (tertiary/aromatic N) is 1. The zero-order chi connectivity index (χ0) is 21.8. The third kappa shape index (κ3) is 4.86. The Bertz CT molecular complexity index is 1160. The summed E-state index contributed by atoms with van der Waals surface area (Å²) in [7, 11) is 0. The zero-order valence-electron chi connectivity index (χ0n) is 16.2. The Balaban J connectivity index is 1.49. The van der Waals surface area contributed by atoms with Crippen LogP contribution in [0.4, 0.5) is 10.5 Å². The number of fused-ring (bicyclic) bond motifs is 1. The van der Waals surface area contributed by atoms with Crippen LogP contribution in [0, 0.1) is 0 Å². The van der Waals surface area contributed by atoms with Crippen molar-refractivity contribution >= 4 is 29.0 Å². The van der Waals surface area contributed by atoms with Gasteiger partial charge in [-0.05, 0) is 41.3 Å². The van der Waals surface area contributed by atoms with E-state index in [1.165, 1.54) is 22.0 Å². The molecule has 9 nitrogen and oxygen atoms in total. The van der Waals surface area contributed by atoms with Gasteiger partial charge in [-0.25, -0.2) is 4.79 Å². The molecule has 31 heavy (non-hydrogen) atoms. The molecule has 2 amide bonds. The maximum Gasteiger partial charge on any atom is 0.319 e. The Morgan fingerprint density at radius 2 is 2.00 bits per heavy atom. The number of aromatic nitrogens is 1. The minimum atomic E-state index is -1.08. The monoisotopic (exact) mass is 441 g/mol. The first-order valence-corrected chi connectivity index (χ1v) is 10.3. The summed E-state index contributed by atoms with van der Waals surface area (Å²) in [6.45, 7) is 0.481. The second-order valence-electron chi connectivity index (χ2n) is 6.80. The summed E-state index contributed by atoms with van der Waals surface area (Å²) in [5, 5.41) is 16.3. The SMILES string of the molecule is O=C(O)C[C@H](NC(=O)Nc1cccn(Cc2cccs2)c1=O)c1ccc2c(c1)OCO2. The average molecular weight is 441 g/mol. The van der Waals surface area contributed by atoms with Crippen LogP contribution in [0.2, 0.25) is 0 Å². The normalized spacial score (nSPS) is 12.9. The number of nitrogens with one attached hydrogen (secondary N) is 2. The third-order valence-electron chi connectivity index (χ3n) is 4.66. The Morgan fingerprint density at radius 3 is 2.77 bits per heavy atom. The van der Waals surface area contributed by atoms with Gasteiger partial charge in [0.05, 0.1) is 19.0 Å². The smallest absolute Gasteiger partial charge is 0.319 e. The number of benzene rings is 1. The molecule has 2 aromatic heterocycles. The number of pyridine rings is 1. The Hall–Kier alpha value is -3.79. The zero-order valence-corrected chi connectivity index (χ0v) is 17.1. The molecule has 0 saturated heterocycles.